The fourth-order valence-electron chi connectivity index (χ4n) is 2.13. The molecule has 0 radical (unpaired) electrons. The van der Waals surface area contributed by atoms with Crippen molar-refractivity contribution in [3.63, 3.8) is 0 Å². The van der Waals surface area contributed by atoms with Crippen molar-refractivity contribution in [3.05, 3.63) is 0 Å². The highest BCUT2D eigenvalue weighted by molar-refractivity contribution is 4.70. The van der Waals surface area contributed by atoms with E-state index in [-0.39, 0.29) is 0 Å². The van der Waals surface area contributed by atoms with Gasteiger partial charge in [0.1, 0.15) is 0 Å². The van der Waals surface area contributed by atoms with Crippen LogP contribution in [0.5, 0.6) is 0 Å². The number of nitrogens with one attached hydrogen (secondary N) is 1. The molecule has 1 aliphatic heterocycles. The molecule has 1 unspecified atom stereocenters. The highest BCUT2D eigenvalue weighted by Gasteiger charge is 2.13. The predicted molar refractivity (Wildman–Crippen MR) is 68.8 cm³/mol. The molecule has 0 aromatic heterocycles. The van der Waals surface area contributed by atoms with Gasteiger partial charge in [0.2, 0.25) is 0 Å². The zero-order valence-electron chi connectivity index (χ0n) is 11.2. The molecule has 1 fully saturated rings. The number of hydrogen-bond donors (Lipinski definition) is 1. The Morgan fingerprint density at radius 2 is 2.19 bits per heavy atom. The Hall–Kier alpha value is -0.120. The number of nitrogens with zero attached hydrogens (tertiary/aromatic N) is 1. The van der Waals surface area contributed by atoms with Crippen LogP contribution in [0.25, 0.3) is 0 Å². The van der Waals surface area contributed by atoms with Gasteiger partial charge in [-0.1, -0.05) is 0 Å². The zero-order valence-corrected chi connectivity index (χ0v) is 11.2. The molecule has 0 spiro atoms. The molecule has 0 amide bonds. The van der Waals surface area contributed by atoms with Gasteiger partial charge in [0.05, 0.1) is 12.7 Å². The van der Waals surface area contributed by atoms with E-state index < -0.39 is 0 Å². The first kappa shape index (κ1) is 13.9. The Bertz CT molecular complexity index is 167. The molecule has 96 valence electrons. The van der Waals surface area contributed by atoms with Gasteiger partial charge >= 0.3 is 0 Å². The summed E-state index contributed by atoms with van der Waals surface area (Å²) >= 11 is 0. The first-order valence-electron chi connectivity index (χ1n) is 6.69. The largest absolute Gasteiger partial charge is 0.377 e. The maximum absolute atomic E-state index is 5.55. The van der Waals surface area contributed by atoms with Gasteiger partial charge in [-0.2, -0.15) is 0 Å². The molecule has 16 heavy (non-hydrogen) atoms. The lowest BCUT2D eigenvalue weighted by molar-refractivity contribution is 0.0627. The van der Waals surface area contributed by atoms with Crippen LogP contribution in [-0.2, 0) is 4.74 Å². The molecule has 0 saturated carbocycles. The van der Waals surface area contributed by atoms with Crippen molar-refractivity contribution in [1.82, 2.24) is 10.2 Å². The molecule has 1 saturated heterocycles. The third kappa shape index (κ3) is 6.46. The Labute approximate surface area is 101 Å². The van der Waals surface area contributed by atoms with E-state index >= 15 is 0 Å². The molecule has 3 nitrogen and oxygen atoms in total. The van der Waals surface area contributed by atoms with Crippen molar-refractivity contribution in [2.75, 3.05) is 39.8 Å². The lowest BCUT2D eigenvalue weighted by Crippen LogP contribution is -2.33. The molecule has 1 rings (SSSR count). The molecule has 0 aromatic carbocycles. The summed E-state index contributed by atoms with van der Waals surface area (Å²) < 4.78 is 5.55. The lowest BCUT2D eigenvalue weighted by atomic mass is 9.96. The second-order valence-corrected chi connectivity index (χ2v) is 5.22. The van der Waals surface area contributed by atoms with Crippen LogP contribution >= 0.6 is 0 Å². The van der Waals surface area contributed by atoms with E-state index in [4.69, 9.17) is 4.74 Å². The van der Waals surface area contributed by atoms with Crippen LogP contribution in [0.4, 0.5) is 0 Å². The Kier molecular flexibility index (Phi) is 7.01. The molecule has 1 N–H and O–H groups in total. The summed E-state index contributed by atoms with van der Waals surface area (Å²) in [5.41, 5.74) is 0. The number of piperidine rings is 1. The lowest BCUT2D eigenvalue weighted by Gasteiger charge is -2.25. The normalized spacial score (nSPS) is 21.9. The molecule has 1 atom stereocenters. The van der Waals surface area contributed by atoms with Gasteiger partial charge in [-0.3, -0.25) is 0 Å². The van der Waals surface area contributed by atoms with E-state index in [0.29, 0.717) is 6.10 Å². The standard InChI is InChI=1S/C13H28N2O/c1-12(2)16-10-9-15(3)8-6-13-5-4-7-14-11-13/h12-14H,4-11H2,1-3H3. The minimum atomic E-state index is 0.357. The van der Waals surface area contributed by atoms with Gasteiger partial charge in [-0.15, -0.1) is 0 Å². The van der Waals surface area contributed by atoms with Crippen LogP contribution in [0.2, 0.25) is 0 Å². The molecule has 3 heteroatoms. The molecule has 1 aliphatic rings. The maximum atomic E-state index is 5.55. The van der Waals surface area contributed by atoms with Crippen molar-refractivity contribution in [1.29, 1.82) is 0 Å². The number of rotatable bonds is 7. The van der Waals surface area contributed by atoms with Gasteiger partial charge in [0.15, 0.2) is 0 Å². The summed E-state index contributed by atoms with van der Waals surface area (Å²) in [5.74, 6) is 0.891. The molecule has 0 aliphatic carbocycles. The van der Waals surface area contributed by atoms with E-state index in [2.05, 4.69) is 31.1 Å². The minimum absolute atomic E-state index is 0.357. The molecule has 0 bridgehead atoms. The Morgan fingerprint density at radius 1 is 1.38 bits per heavy atom. The fraction of sp³-hybridized carbons (Fsp3) is 1.00. The first-order valence-corrected chi connectivity index (χ1v) is 6.69. The maximum Gasteiger partial charge on any atom is 0.0596 e. The van der Waals surface area contributed by atoms with Gasteiger partial charge in [0.25, 0.3) is 0 Å². The number of hydrogen-bond acceptors (Lipinski definition) is 3. The third-order valence-electron chi connectivity index (χ3n) is 3.24. The average Bonchev–Trinajstić information content (AvgIpc) is 2.27. The van der Waals surface area contributed by atoms with Crippen molar-refractivity contribution in [3.8, 4) is 0 Å². The monoisotopic (exact) mass is 228 g/mol. The van der Waals surface area contributed by atoms with E-state index in [9.17, 15) is 0 Å². The van der Waals surface area contributed by atoms with E-state index in [0.717, 1.165) is 19.1 Å². The summed E-state index contributed by atoms with van der Waals surface area (Å²) in [6.07, 6.45) is 4.44. The van der Waals surface area contributed by atoms with Crippen molar-refractivity contribution >= 4 is 0 Å². The van der Waals surface area contributed by atoms with E-state index in [1.807, 2.05) is 0 Å². The van der Waals surface area contributed by atoms with Gasteiger partial charge < -0.3 is 15.0 Å². The van der Waals surface area contributed by atoms with Gasteiger partial charge in [-0.05, 0) is 65.7 Å². The van der Waals surface area contributed by atoms with Crippen molar-refractivity contribution < 1.29 is 4.74 Å². The van der Waals surface area contributed by atoms with Crippen LogP contribution in [0, 0.1) is 5.92 Å². The topological polar surface area (TPSA) is 24.5 Å². The van der Waals surface area contributed by atoms with E-state index in [1.165, 1.54) is 38.9 Å². The quantitative estimate of drug-likeness (QED) is 0.718. The Balaban J connectivity index is 1.98. The SMILES string of the molecule is CC(C)OCCN(C)CCC1CCCNC1. The third-order valence-corrected chi connectivity index (χ3v) is 3.24. The molecular weight excluding hydrogens is 200 g/mol. The predicted octanol–water partition coefficient (Wildman–Crippen LogP) is 1.73. The minimum Gasteiger partial charge on any atom is -0.377 e. The second kappa shape index (κ2) is 8.04. The molecule has 1 heterocycles. The van der Waals surface area contributed by atoms with E-state index in [1.54, 1.807) is 0 Å². The highest BCUT2D eigenvalue weighted by Crippen LogP contribution is 2.13. The van der Waals surface area contributed by atoms with Gasteiger partial charge in [0, 0.05) is 6.54 Å². The zero-order chi connectivity index (χ0) is 11.8. The van der Waals surface area contributed by atoms with Crippen LogP contribution in [0.15, 0.2) is 0 Å². The van der Waals surface area contributed by atoms with Gasteiger partial charge in [-0.25, -0.2) is 0 Å². The van der Waals surface area contributed by atoms with Crippen LogP contribution in [0.1, 0.15) is 33.1 Å². The van der Waals surface area contributed by atoms with Crippen LogP contribution in [0.3, 0.4) is 0 Å². The fourth-order valence-corrected chi connectivity index (χ4v) is 2.13. The molecular formula is C13H28N2O. The van der Waals surface area contributed by atoms with Crippen LogP contribution in [-0.4, -0.2) is 50.8 Å². The summed E-state index contributed by atoms with van der Waals surface area (Å²) in [6.45, 7) is 9.73. The summed E-state index contributed by atoms with van der Waals surface area (Å²) in [7, 11) is 2.19. The first-order chi connectivity index (χ1) is 7.68. The summed E-state index contributed by atoms with van der Waals surface area (Å²) in [5, 5.41) is 3.47. The summed E-state index contributed by atoms with van der Waals surface area (Å²) in [4.78, 5) is 2.39. The smallest absolute Gasteiger partial charge is 0.0596 e. The summed E-state index contributed by atoms with van der Waals surface area (Å²) in [6, 6.07) is 0. The van der Waals surface area contributed by atoms with Crippen molar-refractivity contribution in [2.45, 2.75) is 39.2 Å². The average molecular weight is 228 g/mol. The van der Waals surface area contributed by atoms with Crippen molar-refractivity contribution in [2.24, 2.45) is 5.92 Å². The van der Waals surface area contributed by atoms with Crippen LogP contribution < -0.4 is 5.32 Å². The number of likely N-dealkylation sites (N-methyl/N-ethyl adjacent to an activating group) is 1. The molecule has 0 aromatic rings. The second-order valence-electron chi connectivity index (χ2n) is 5.22. The Morgan fingerprint density at radius 3 is 2.81 bits per heavy atom. The number of ether oxygens (including phenoxy) is 1. The highest BCUT2D eigenvalue weighted by atomic mass is 16.5.